The molecule has 8 heteroatoms. The van der Waals surface area contributed by atoms with Crippen LogP contribution < -0.4 is 5.32 Å². The predicted molar refractivity (Wildman–Crippen MR) is 139 cm³/mol. The highest BCUT2D eigenvalue weighted by atomic mass is 32.2. The molecule has 6 nitrogen and oxygen atoms in total. The number of amidine groups is 1. The van der Waals surface area contributed by atoms with E-state index in [0.29, 0.717) is 5.17 Å². The average Bonchev–Trinajstić information content (AvgIpc) is 3.54. The maximum absolute atomic E-state index is 12.7. The molecule has 2 aliphatic rings. The van der Waals surface area contributed by atoms with E-state index in [1.807, 2.05) is 60.6 Å². The van der Waals surface area contributed by atoms with Crippen molar-refractivity contribution in [3.63, 3.8) is 0 Å². The van der Waals surface area contributed by atoms with E-state index in [4.69, 9.17) is 5.10 Å². The number of nitrogens with zero attached hydrogens (tertiary/aromatic N) is 3. The molecule has 0 bridgehead atoms. The van der Waals surface area contributed by atoms with E-state index in [9.17, 15) is 9.59 Å². The molecule has 0 fully saturated rings. The van der Waals surface area contributed by atoms with E-state index in [2.05, 4.69) is 34.6 Å². The second-order valence-corrected chi connectivity index (χ2v) is 10.6. The van der Waals surface area contributed by atoms with Crippen LogP contribution in [0, 0.1) is 13.8 Å². The molecule has 172 valence electrons. The fourth-order valence-electron chi connectivity index (χ4n) is 4.24. The van der Waals surface area contributed by atoms with Crippen molar-refractivity contribution in [1.29, 1.82) is 0 Å². The van der Waals surface area contributed by atoms with Gasteiger partial charge in [-0.15, -0.1) is 11.3 Å². The van der Waals surface area contributed by atoms with Crippen LogP contribution in [0.2, 0.25) is 0 Å². The standard InChI is InChI=1S/C26H24N4O2S2/c1-16-11-17(2)13-19(12-16)27-24(31)15-23-25(32)28-26(34-23)30-21(18-7-4-3-5-8-18)14-20(29-30)22-9-6-10-33-22/h3-13,21,23H,14-15H2,1-2H3,(H,27,31). The van der Waals surface area contributed by atoms with Crippen molar-refractivity contribution in [2.45, 2.75) is 38.0 Å². The maximum atomic E-state index is 12.7. The summed E-state index contributed by atoms with van der Waals surface area (Å²) in [5, 5.41) is 11.7. The zero-order chi connectivity index (χ0) is 23.7. The Bertz CT molecular complexity index is 1270. The van der Waals surface area contributed by atoms with Crippen molar-refractivity contribution >= 4 is 51.5 Å². The summed E-state index contributed by atoms with van der Waals surface area (Å²) in [4.78, 5) is 30.8. The molecule has 0 radical (unpaired) electrons. The molecule has 0 spiro atoms. The van der Waals surface area contributed by atoms with Crippen LogP contribution in [-0.4, -0.2) is 33.0 Å². The number of carbonyl (C=O) groups excluding carboxylic acids is 2. The van der Waals surface area contributed by atoms with Crippen LogP contribution in [0.4, 0.5) is 5.69 Å². The summed E-state index contributed by atoms with van der Waals surface area (Å²) in [5.74, 6) is -0.488. The maximum Gasteiger partial charge on any atom is 0.262 e. The molecular formula is C26H24N4O2S2. The number of thiophene rings is 1. The van der Waals surface area contributed by atoms with Crippen LogP contribution in [0.3, 0.4) is 0 Å². The number of hydrazone groups is 1. The molecule has 0 saturated carbocycles. The highest BCUT2D eigenvalue weighted by Gasteiger charge is 2.39. The molecule has 3 heterocycles. The van der Waals surface area contributed by atoms with Gasteiger partial charge >= 0.3 is 0 Å². The van der Waals surface area contributed by atoms with E-state index < -0.39 is 5.25 Å². The van der Waals surface area contributed by atoms with Crippen LogP contribution in [0.25, 0.3) is 0 Å². The van der Waals surface area contributed by atoms with Gasteiger partial charge in [0.15, 0.2) is 5.17 Å². The lowest BCUT2D eigenvalue weighted by Crippen LogP contribution is -2.25. The fourth-order valence-corrected chi connectivity index (χ4v) is 6.03. The van der Waals surface area contributed by atoms with Gasteiger partial charge in [-0.2, -0.15) is 10.1 Å². The van der Waals surface area contributed by atoms with E-state index >= 15 is 0 Å². The van der Waals surface area contributed by atoms with Crippen molar-refractivity contribution < 1.29 is 9.59 Å². The van der Waals surface area contributed by atoms with Gasteiger partial charge in [0.1, 0.15) is 5.25 Å². The van der Waals surface area contributed by atoms with Gasteiger partial charge in [0.05, 0.1) is 16.6 Å². The molecule has 5 rings (SSSR count). The zero-order valence-corrected chi connectivity index (χ0v) is 20.5. The number of carbonyl (C=O) groups is 2. The van der Waals surface area contributed by atoms with E-state index in [1.54, 1.807) is 11.3 Å². The molecule has 3 aromatic rings. The first-order valence-corrected chi connectivity index (χ1v) is 12.8. The Balaban J connectivity index is 1.32. The van der Waals surface area contributed by atoms with Crippen LogP contribution in [-0.2, 0) is 9.59 Å². The van der Waals surface area contributed by atoms with E-state index in [-0.39, 0.29) is 24.3 Å². The lowest BCUT2D eigenvalue weighted by molar-refractivity contribution is -0.121. The number of hydrogen-bond acceptors (Lipinski definition) is 6. The van der Waals surface area contributed by atoms with Crippen molar-refractivity contribution in [3.8, 4) is 0 Å². The number of aliphatic imine (C=N–C) groups is 1. The summed E-state index contributed by atoms with van der Waals surface area (Å²) in [7, 11) is 0. The molecule has 2 unspecified atom stereocenters. The van der Waals surface area contributed by atoms with Gasteiger partial charge < -0.3 is 5.32 Å². The largest absolute Gasteiger partial charge is 0.326 e. The smallest absolute Gasteiger partial charge is 0.262 e. The summed E-state index contributed by atoms with van der Waals surface area (Å²) >= 11 is 2.97. The van der Waals surface area contributed by atoms with Crippen LogP contribution in [0.15, 0.2) is 76.1 Å². The molecule has 2 atom stereocenters. The van der Waals surface area contributed by atoms with Crippen molar-refractivity contribution in [2.24, 2.45) is 10.1 Å². The Morgan fingerprint density at radius 2 is 1.85 bits per heavy atom. The first-order chi connectivity index (χ1) is 16.5. The number of anilines is 1. The molecule has 1 aromatic heterocycles. The van der Waals surface area contributed by atoms with Crippen LogP contribution >= 0.6 is 23.1 Å². The summed E-state index contributed by atoms with van der Waals surface area (Å²) in [6.45, 7) is 3.98. The van der Waals surface area contributed by atoms with Gasteiger partial charge in [-0.1, -0.05) is 54.2 Å². The third-order valence-electron chi connectivity index (χ3n) is 5.70. The Morgan fingerprint density at radius 3 is 2.56 bits per heavy atom. The minimum absolute atomic E-state index is 0.0415. The van der Waals surface area contributed by atoms with Gasteiger partial charge in [-0.05, 0) is 54.1 Å². The Hall–Kier alpha value is -3.23. The SMILES string of the molecule is Cc1cc(C)cc(NC(=O)CC2SC(N3N=C(c4cccs4)CC3c3ccccc3)=NC2=O)c1. The number of thioether (sulfide) groups is 1. The van der Waals surface area contributed by atoms with Crippen LogP contribution in [0.5, 0.6) is 0 Å². The second kappa shape index (κ2) is 9.56. The third kappa shape index (κ3) is 4.83. The van der Waals surface area contributed by atoms with Crippen LogP contribution in [0.1, 0.15) is 40.5 Å². The normalized spacial score (nSPS) is 19.8. The molecule has 2 aromatic carbocycles. The first-order valence-electron chi connectivity index (χ1n) is 11.1. The predicted octanol–water partition coefficient (Wildman–Crippen LogP) is 5.54. The van der Waals surface area contributed by atoms with Gasteiger partial charge in [-0.3, -0.25) is 9.59 Å². The highest BCUT2D eigenvalue weighted by molar-refractivity contribution is 8.15. The minimum Gasteiger partial charge on any atom is -0.326 e. The Kier molecular flexibility index (Phi) is 6.34. The summed E-state index contributed by atoms with van der Waals surface area (Å²) in [6, 6.07) is 20.1. The van der Waals surface area contributed by atoms with E-state index in [1.165, 1.54) is 11.8 Å². The molecule has 0 saturated heterocycles. The number of aryl methyl sites for hydroxylation is 2. The number of rotatable bonds is 5. The first kappa shape index (κ1) is 22.6. The second-order valence-electron chi connectivity index (χ2n) is 8.47. The molecular weight excluding hydrogens is 464 g/mol. The number of hydrogen-bond donors (Lipinski definition) is 1. The molecule has 0 aliphatic carbocycles. The molecule has 34 heavy (non-hydrogen) atoms. The molecule has 2 aliphatic heterocycles. The summed E-state index contributed by atoms with van der Waals surface area (Å²) in [5.41, 5.74) is 4.99. The third-order valence-corrected chi connectivity index (χ3v) is 7.76. The monoisotopic (exact) mass is 488 g/mol. The van der Waals surface area contributed by atoms with Crippen molar-refractivity contribution in [2.75, 3.05) is 5.32 Å². The Morgan fingerprint density at radius 1 is 1.09 bits per heavy atom. The van der Waals surface area contributed by atoms with Crippen molar-refractivity contribution in [1.82, 2.24) is 5.01 Å². The lowest BCUT2D eigenvalue weighted by Gasteiger charge is -2.23. The number of nitrogens with one attached hydrogen (secondary N) is 1. The zero-order valence-electron chi connectivity index (χ0n) is 18.9. The number of amides is 2. The van der Waals surface area contributed by atoms with Gasteiger partial charge in [0.2, 0.25) is 5.91 Å². The lowest BCUT2D eigenvalue weighted by atomic mass is 10.0. The number of benzene rings is 2. The molecule has 1 N–H and O–H groups in total. The summed E-state index contributed by atoms with van der Waals surface area (Å²) < 4.78 is 0. The summed E-state index contributed by atoms with van der Waals surface area (Å²) in [6.07, 6.45) is 0.797. The Labute approximate surface area is 206 Å². The minimum atomic E-state index is -0.557. The van der Waals surface area contributed by atoms with Crippen molar-refractivity contribution in [3.05, 3.63) is 87.6 Å². The van der Waals surface area contributed by atoms with Gasteiger partial charge in [0.25, 0.3) is 5.91 Å². The average molecular weight is 489 g/mol. The van der Waals surface area contributed by atoms with E-state index in [0.717, 1.165) is 39.4 Å². The molecule has 2 amide bonds. The van der Waals surface area contributed by atoms with Gasteiger partial charge in [-0.25, -0.2) is 5.01 Å². The van der Waals surface area contributed by atoms with Gasteiger partial charge in [0, 0.05) is 18.5 Å². The highest BCUT2D eigenvalue weighted by Crippen LogP contribution is 2.39. The quantitative estimate of drug-likeness (QED) is 0.512. The fraction of sp³-hybridized carbons (Fsp3) is 0.231. The topological polar surface area (TPSA) is 74.1 Å².